The van der Waals surface area contributed by atoms with Gasteiger partial charge in [0.25, 0.3) is 0 Å². The predicted octanol–water partition coefficient (Wildman–Crippen LogP) is 7.03. The molecule has 1 N–H and O–H groups in total. The van der Waals surface area contributed by atoms with Crippen LogP contribution in [-0.4, -0.2) is 28.9 Å². The van der Waals surface area contributed by atoms with Crippen LogP contribution in [-0.2, 0) is 9.53 Å². The number of carbonyl (C=O) groups excluding carboxylic acids is 1. The molecule has 0 bridgehead atoms. The molecule has 6 heteroatoms. The summed E-state index contributed by atoms with van der Waals surface area (Å²) in [6, 6.07) is 12.7. The first-order valence-electron chi connectivity index (χ1n) is 13.6. The molecule has 37 heavy (non-hydrogen) atoms. The summed E-state index contributed by atoms with van der Waals surface area (Å²) in [6.07, 6.45) is 5.71. The van der Waals surface area contributed by atoms with Crippen molar-refractivity contribution in [3.8, 4) is 5.75 Å². The van der Waals surface area contributed by atoms with Crippen molar-refractivity contribution in [2.75, 3.05) is 0 Å². The van der Waals surface area contributed by atoms with Crippen molar-refractivity contribution < 1.29 is 14.6 Å². The van der Waals surface area contributed by atoms with E-state index in [9.17, 15) is 14.8 Å². The van der Waals surface area contributed by atoms with E-state index in [4.69, 9.17) is 9.73 Å². The number of ether oxygens (including phenoxy) is 1. The average Bonchev–Trinajstić information content (AvgIpc) is 3.39. The van der Waals surface area contributed by atoms with E-state index in [0.29, 0.717) is 19.3 Å². The summed E-state index contributed by atoms with van der Waals surface area (Å²) in [6.45, 7) is 6.24. The SMILES string of the molecule is CCC1=NC2=C(C(N=O)CC(c3c(C)cccc3C)C2)C(c2cccc(O)c2)C1C(=O)OC1CCCC1. The molecule has 5 rings (SSSR count). The van der Waals surface area contributed by atoms with Gasteiger partial charge in [0, 0.05) is 17.3 Å². The van der Waals surface area contributed by atoms with Crippen LogP contribution in [0.4, 0.5) is 0 Å². The Morgan fingerprint density at radius 1 is 1.11 bits per heavy atom. The van der Waals surface area contributed by atoms with Gasteiger partial charge in [-0.2, -0.15) is 4.91 Å². The van der Waals surface area contributed by atoms with Gasteiger partial charge in [-0.1, -0.05) is 42.4 Å². The molecule has 1 fully saturated rings. The summed E-state index contributed by atoms with van der Waals surface area (Å²) < 4.78 is 6.02. The number of nitroso groups, excluding NO2 is 1. The lowest BCUT2D eigenvalue weighted by molar-refractivity contribution is -0.151. The lowest BCUT2D eigenvalue weighted by Gasteiger charge is -2.40. The molecule has 0 saturated heterocycles. The summed E-state index contributed by atoms with van der Waals surface area (Å²) in [7, 11) is 0. The van der Waals surface area contributed by atoms with E-state index in [1.54, 1.807) is 18.2 Å². The minimum Gasteiger partial charge on any atom is -0.508 e. The number of aryl methyl sites for hydroxylation is 2. The molecule has 0 amide bonds. The van der Waals surface area contributed by atoms with Gasteiger partial charge in [-0.05, 0) is 105 Å². The average molecular weight is 501 g/mol. The topological polar surface area (TPSA) is 88.3 Å². The van der Waals surface area contributed by atoms with Gasteiger partial charge in [0.1, 0.15) is 23.8 Å². The monoisotopic (exact) mass is 500 g/mol. The zero-order valence-corrected chi connectivity index (χ0v) is 21.9. The fraction of sp³-hybridized carbons (Fsp3) is 0.484. The van der Waals surface area contributed by atoms with Crippen LogP contribution in [0.3, 0.4) is 0 Å². The van der Waals surface area contributed by atoms with Crippen molar-refractivity contribution in [1.29, 1.82) is 0 Å². The Kier molecular flexibility index (Phi) is 7.27. The molecule has 0 aromatic heterocycles. The van der Waals surface area contributed by atoms with Gasteiger partial charge in [0.05, 0.1) is 0 Å². The molecule has 3 aliphatic rings. The van der Waals surface area contributed by atoms with Gasteiger partial charge in [0.15, 0.2) is 0 Å². The fourth-order valence-electron chi connectivity index (χ4n) is 6.83. The minimum atomic E-state index is -0.632. The number of allylic oxidation sites excluding steroid dienone is 1. The number of phenols is 1. The maximum atomic E-state index is 13.7. The number of phenolic OH excluding ortho intramolecular Hbond substituents is 1. The van der Waals surface area contributed by atoms with Crippen molar-refractivity contribution in [2.45, 2.75) is 89.7 Å². The predicted molar refractivity (Wildman–Crippen MR) is 145 cm³/mol. The molecule has 4 unspecified atom stereocenters. The number of esters is 1. The normalized spacial score (nSPS) is 26.0. The van der Waals surface area contributed by atoms with Crippen molar-refractivity contribution in [3.05, 3.63) is 80.9 Å². The molecule has 0 spiro atoms. The van der Waals surface area contributed by atoms with E-state index in [1.165, 1.54) is 16.7 Å². The number of rotatable bonds is 6. The number of nitrogens with zero attached hydrogens (tertiary/aromatic N) is 2. The number of hydrogen-bond donors (Lipinski definition) is 1. The molecule has 2 aliphatic carbocycles. The first-order valence-corrected chi connectivity index (χ1v) is 13.6. The maximum Gasteiger partial charge on any atom is 0.315 e. The zero-order valence-electron chi connectivity index (χ0n) is 21.9. The second-order valence-electron chi connectivity index (χ2n) is 10.8. The highest BCUT2D eigenvalue weighted by Crippen LogP contribution is 2.50. The standard InChI is InChI=1S/C31H36N2O4/c1-4-24-30(31(35)37-23-13-5-6-14-23)28(20-11-8-12-22(34)15-20)29-25(32-24)16-21(17-26(29)33-36)27-18(2)9-7-10-19(27)3/h7-12,15,21,23,26,28,30,34H,4-6,13-14,16-17H2,1-3H3. The van der Waals surface area contributed by atoms with Crippen molar-refractivity contribution >= 4 is 11.7 Å². The van der Waals surface area contributed by atoms with E-state index in [1.807, 2.05) is 13.0 Å². The minimum absolute atomic E-state index is 0.0643. The molecule has 0 radical (unpaired) electrons. The van der Waals surface area contributed by atoms with Crippen LogP contribution in [0.1, 0.15) is 86.0 Å². The molecule has 1 aliphatic heterocycles. The van der Waals surface area contributed by atoms with Crippen molar-refractivity contribution in [3.63, 3.8) is 0 Å². The summed E-state index contributed by atoms with van der Waals surface area (Å²) >= 11 is 0. The molecule has 6 nitrogen and oxygen atoms in total. The van der Waals surface area contributed by atoms with E-state index < -0.39 is 17.9 Å². The lowest BCUT2D eigenvalue weighted by Crippen LogP contribution is -2.40. The summed E-state index contributed by atoms with van der Waals surface area (Å²) in [5, 5.41) is 14.0. The van der Waals surface area contributed by atoms with Gasteiger partial charge < -0.3 is 9.84 Å². The van der Waals surface area contributed by atoms with Gasteiger partial charge >= 0.3 is 5.97 Å². The molecule has 4 atom stereocenters. The van der Waals surface area contributed by atoms with Gasteiger partial charge in [-0.25, -0.2) is 0 Å². The zero-order chi connectivity index (χ0) is 26.1. The first kappa shape index (κ1) is 25.4. The Labute approximate surface area is 218 Å². The molecule has 1 heterocycles. The number of aliphatic imine (C=N–C) groups is 1. The molecular weight excluding hydrogens is 464 g/mol. The van der Waals surface area contributed by atoms with Crippen molar-refractivity contribution in [2.24, 2.45) is 16.1 Å². The molecule has 1 saturated carbocycles. The summed E-state index contributed by atoms with van der Waals surface area (Å²) in [4.78, 5) is 31.2. The molecule has 2 aromatic carbocycles. The van der Waals surface area contributed by atoms with Crippen LogP contribution >= 0.6 is 0 Å². The largest absolute Gasteiger partial charge is 0.508 e. The van der Waals surface area contributed by atoms with Gasteiger partial charge in [-0.3, -0.25) is 9.79 Å². The highest BCUT2D eigenvalue weighted by atomic mass is 16.5. The van der Waals surface area contributed by atoms with E-state index in [2.05, 4.69) is 37.2 Å². The van der Waals surface area contributed by atoms with E-state index >= 15 is 0 Å². The van der Waals surface area contributed by atoms with Gasteiger partial charge in [0.2, 0.25) is 0 Å². The summed E-state index contributed by atoms with van der Waals surface area (Å²) in [5.74, 6) is -1.11. The van der Waals surface area contributed by atoms with Crippen LogP contribution in [0, 0.1) is 24.7 Å². The summed E-state index contributed by atoms with van der Waals surface area (Å²) in [5.41, 5.74) is 6.91. The molecule has 2 aromatic rings. The third-order valence-corrected chi connectivity index (χ3v) is 8.45. The van der Waals surface area contributed by atoms with Crippen LogP contribution in [0.2, 0.25) is 0 Å². The van der Waals surface area contributed by atoms with Crippen molar-refractivity contribution in [1.82, 2.24) is 0 Å². The second kappa shape index (κ2) is 10.6. The lowest BCUT2D eigenvalue weighted by atomic mass is 9.67. The second-order valence-corrected chi connectivity index (χ2v) is 10.8. The van der Waals surface area contributed by atoms with E-state index in [-0.39, 0.29) is 23.7 Å². The Hall–Kier alpha value is -3.28. The molecule has 194 valence electrons. The third kappa shape index (κ3) is 4.86. The number of aromatic hydroxyl groups is 1. The van der Waals surface area contributed by atoms with Crippen LogP contribution in [0.15, 0.2) is 63.9 Å². The first-order chi connectivity index (χ1) is 17.9. The van der Waals surface area contributed by atoms with E-state index in [0.717, 1.165) is 48.2 Å². The number of benzene rings is 2. The quantitative estimate of drug-likeness (QED) is 0.341. The maximum absolute atomic E-state index is 13.7. The highest BCUT2D eigenvalue weighted by Gasteiger charge is 2.47. The van der Waals surface area contributed by atoms with Crippen LogP contribution < -0.4 is 0 Å². The number of hydrogen-bond acceptors (Lipinski definition) is 6. The Morgan fingerprint density at radius 3 is 2.46 bits per heavy atom. The van der Waals surface area contributed by atoms with Crippen LogP contribution in [0.25, 0.3) is 0 Å². The highest BCUT2D eigenvalue weighted by molar-refractivity contribution is 6.05. The van der Waals surface area contributed by atoms with Crippen LogP contribution in [0.5, 0.6) is 5.75 Å². The Bertz CT molecular complexity index is 1240. The third-order valence-electron chi connectivity index (χ3n) is 8.45. The van der Waals surface area contributed by atoms with Gasteiger partial charge in [-0.15, -0.1) is 0 Å². The fourth-order valence-corrected chi connectivity index (χ4v) is 6.83. The Morgan fingerprint density at radius 2 is 1.81 bits per heavy atom. The Balaban J connectivity index is 1.62. The smallest absolute Gasteiger partial charge is 0.315 e. The number of carbonyl (C=O) groups is 1. The molecular formula is C31H36N2O4.